The van der Waals surface area contributed by atoms with Crippen LogP contribution in [0.4, 0.5) is 0 Å². The molecule has 0 N–H and O–H groups in total. The van der Waals surface area contributed by atoms with Crippen LogP contribution in [0.25, 0.3) is 11.0 Å². The van der Waals surface area contributed by atoms with Gasteiger partial charge < -0.3 is 9.15 Å². The topological polar surface area (TPSA) is 48.2 Å². The molecule has 3 aromatic rings. The lowest BCUT2D eigenvalue weighted by molar-refractivity contribution is 0.460. The van der Waals surface area contributed by atoms with E-state index in [4.69, 9.17) is 9.15 Å². The fraction of sp³-hybridized carbons (Fsp3) is 0. The van der Waals surface area contributed by atoms with Crippen LogP contribution in [0.15, 0.2) is 51.9 Å². The van der Waals surface area contributed by atoms with Gasteiger partial charge in [-0.15, -0.1) is 0 Å². The number of ether oxygens (including phenoxy) is 1. The normalized spacial score (nSPS) is 10.6. The van der Waals surface area contributed by atoms with Gasteiger partial charge in [0.05, 0.1) is 6.26 Å². The molecule has 3 rings (SSSR count). The van der Waals surface area contributed by atoms with Crippen LogP contribution in [0.3, 0.4) is 0 Å². The lowest BCUT2D eigenvalue weighted by Gasteiger charge is -2.03. The van der Waals surface area contributed by atoms with Gasteiger partial charge in [0.25, 0.3) is 0 Å². The largest absolute Gasteiger partial charge is 0.464 e. The Labute approximate surface area is 105 Å². The van der Waals surface area contributed by atoms with Gasteiger partial charge in [0.1, 0.15) is 22.3 Å². The third-order valence-electron chi connectivity index (χ3n) is 2.26. The van der Waals surface area contributed by atoms with E-state index in [0.717, 1.165) is 11.0 Å². The summed E-state index contributed by atoms with van der Waals surface area (Å²) in [5.74, 6) is 1.16. The number of halogens is 1. The zero-order valence-electron chi connectivity index (χ0n) is 8.63. The Kier molecular flexibility index (Phi) is 2.53. The molecule has 0 unspecified atom stereocenters. The molecule has 0 aliphatic heterocycles. The molecule has 0 fully saturated rings. The summed E-state index contributed by atoms with van der Waals surface area (Å²) in [7, 11) is 0. The summed E-state index contributed by atoms with van der Waals surface area (Å²) in [4.78, 5) is 7.94. The number of hydrogen-bond donors (Lipinski definition) is 0. The molecule has 0 spiro atoms. The van der Waals surface area contributed by atoms with E-state index in [-0.39, 0.29) is 0 Å². The van der Waals surface area contributed by atoms with Gasteiger partial charge in [0.15, 0.2) is 0 Å². The molecule has 0 radical (unpaired) electrons. The van der Waals surface area contributed by atoms with Gasteiger partial charge in [-0.25, -0.2) is 9.97 Å². The first-order valence-electron chi connectivity index (χ1n) is 4.94. The molecule has 17 heavy (non-hydrogen) atoms. The fourth-order valence-electron chi connectivity index (χ4n) is 1.49. The lowest BCUT2D eigenvalue weighted by atomic mass is 10.2. The van der Waals surface area contributed by atoms with Crippen LogP contribution in [-0.2, 0) is 0 Å². The molecule has 0 atom stereocenters. The Balaban J connectivity index is 1.94. The zero-order valence-corrected chi connectivity index (χ0v) is 10.2. The predicted octanol–water partition coefficient (Wildman–Crippen LogP) is 3.78. The van der Waals surface area contributed by atoms with Crippen molar-refractivity contribution in [3.05, 3.63) is 47.5 Å². The van der Waals surface area contributed by atoms with Crippen LogP contribution < -0.4 is 4.74 Å². The van der Waals surface area contributed by atoms with Crippen molar-refractivity contribution in [3.8, 4) is 11.6 Å². The smallest absolute Gasteiger partial charge is 0.223 e. The summed E-state index contributed by atoms with van der Waals surface area (Å²) in [6, 6.07) is 9.23. The predicted molar refractivity (Wildman–Crippen MR) is 66.0 cm³/mol. The number of aromatic nitrogens is 2. The molecule has 0 saturated heterocycles. The summed E-state index contributed by atoms with van der Waals surface area (Å²) >= 11 is 3.26. The lowest BCUT2D eigenvalue weighted by Crippen LogP contribution is -1.88. The molecule has 0 saturated carbocycles. The Morgan fingerprint density at radius 3 is 2.94 bits per heavy atom. The van der Waals surface area contributed by atoms with Crippen molar-refractivity contribution in [2.75, 3.05) is 0 Å². The molecule has 2 aromatic heterocycles. The maximum absolute atomic E-state index is 5.60. The van der Waals surface area contributed by atoms with Gasteiger partial charge in [-0.2, -0.15) is 0 Å². The summed E-state index contributed by atoms with van der Waals surface area (Å²) in [5, 5.41) is 1.04. The van der Waals surface area contributed by atoms with E-state index in [9.17, 15) is 0 Å². The summed E-state index contributed by atoms with van der Waals surface area (Å²) in [5.41, 5.74) is 0.788. The zero-order chi connectivity index (χ0) is 11.7. The molecule has 0 amide bonds. The number of hydrogen-bond acceptors (Lipinski definition) is 4. The Morgan fingerprint density at radius 1 is 1.12 bits per heavy atom. The average Bonchev–Trinajstić information content (AvgIpc) is 2.76. The highest BCUT2D eigenvalue weighted by atomic mass is 79.9. The maximum Gasteiger partial charge on any atom is 0.223 e. The molecule has 0 aliphatic carbocycles. The monoisotopic (exact) mass is 290 g/mol. The van der Waals surface area contributed by atoms with Gasteiger partial charge in [0.2, 0.25) is 5.88 Å². The first-order chi connectivity index (χ1) is 8.31. The van der Waals surface area contributed by atoms with E-state index in [1.807, 2.05) is 24.3 Å². The summed E-state index contributed by atoms with van der Waals surface area (Å²) < 4.78 is 11.6. The molecule has 0 aliphatic rings. The third-order valence-corrected chi connectivity index (χ3v) is 2.69. The number of rotatable bonds is 2. The van der Waals surface area contributed by atoms with Gasteiger partial charge in [-0.3, -0.25) is 0 Å². The van der Waals surface area contributed by atoms with Gasteiger partial charge in [-0.05, 0) is 34.1 Å². The highest BCUT2D eigenvalue weighted by molar-refractivity contribution is 9.10. The first kappa shape index (κ1) is 10.3. The van der Waals surface area contributed by atoms with Crippen molar-refractivity contribution in [2.24, 2.45) is 0 Å². The van der Waals surface area contributed by atoms with Crippen LogP contribution in [-0.4, -0.2) is 9.97 Å². The van der Waals surface area contributed by atoms with E-state index >= 15 is 0 Å². The van der Waals surface area contributed by atoms with Gasteiger partial charge in [0, 0.05) is 17.5 Å². The first-order valence-corrected chi connectivity index (χ1v) is 5.73. The van der Waals surface area contributed by atoms with Crippen molar-refractivity contribution in [1.29, 1.82) is 0 Å². The van der Waals surface area contributed by atoms with Crippen LogP contribution in [0.1, 0.15) is 0 Å². The Bertz CT molecular complexity index is 666. The van der Waals surface area contributed by atoms with Crippen LogP contribution in [0, 0.1) is 0 Å². The summed E-state index contributed by atoms with van der Waals surface area (Å²) in [6.07, 6.45) is 3.08. The third kappa shape index (κ3) is 2.14. The number of benzene rings is 1. The van der Waals surface area contributed by atoms with E-state index < -0.39 is 0 Å². The Hall–Kier alpha value is -1.88. The van der Waals surface area contributed by atoms with Crippen molar-refractivity contribution < 1.29 is 9.15 Å². The molecular weight excluding hydrogens is 284 g/mol. The molecule has 0 bridgehead atoms. The second-order valence-electron chi connectivity index (χ2n) is 3.40. The second-order valence-corrected chi connectivity index (χ2v) is 4.21. The van der Waals surface area contributed by atoms with Crippen molar-refractivity contribution >= 4 is 26.9 Å². The maximum atomic E-state index is 5.60. The van der Waals surface area contributed by atoms with Gasteiger partial charge >= 0.3 is 0 Å². The van der Waals surface area contributed by atoms with Crippen LogP contribution >= 0.6 is 15.9 Å². The van der Waals surface area contributed by atoms with E-state index in [1.54, 1.807) is 12.3 Å². The minimum atomic E-state index is 0.484. The van der Waals surface area contributed by atoms with E-state index in [0.29, 0.717) is 16.2 Å². The number of nitrogens with zero attached hydrogens (tertiary/aromatic N) is 2. The molecule has 2 heterocycles. The van der Waals surface area contributed by atoms with Crippen molar-refractivity contribution in [3.63, 3.8) is 0 Å². The number of furan rings is 1. The molecule has 5 heteroatoms. The SMILES string of the molecule is Brc1cc(Oc2ccc3ccoc3c2)ncn1. The van der Waals surface area contributed by atoms with Crippen LogP contribution in [0.5, 0.6) is 11.6 Å². The van der Waals surface area contributed by atoms with Gasteiger partial charge in [-0.1, -0.05) is 0 Å². The van der Waals surface area contributed by atoms with E-state index in [1.165, 1.54) is 6.33 Å². The minimum Gasteiger partial charge on any atom is -0.464 e. The molecular formula is C12H7BrN2O2. The standard InChI is InChI=1S/C12H7BrN2O2/c13-11-6-12(15-7-14-11)17-9-2-1-8-3-4-16-10(8)5-9/h1-7H. The summed E-state index contributed by atoms with van der Waals surface area (Å²) in [6.45, 7) is 0. The quantitative estimate of drug-likeness (QED) is 0.674. The molecule has 4 nitrogen and oxygen atoms in total. The highest BCUT2D eigenvalue weighted by Crippen LogP contribution is 2.25. The molecule has 84 valence electrons. The van der Waals surface area contributed by atoms with Crippen molar-refractivity contribution in [1.82, 2.24) is 9.97 Å². The molecule has 1 aromatic carbocycles. The van der Waals surface area contributed by atoms with Crippen molar-refractivity contribution in [2.45, 2.75) is 0 Å². The Morgan fingerprint density at radius 2 is 2.06 bits per heavy atom. The fourth-order valence-corrected chi connectivity index (χ4v) is 1.78. The van der Waals surface area contributed by atoms with E-state index in [2.05, 4.69) is 25.9 Å². The minimum absolute atomic E-state index is 0.484. The average molecular weight is 291 g/mol. The second kappa shape index (κ2) is 4.18. The highest BCUT2D eigenvalue weighted by Gasteiger charge is 2.03. The van der Waals surface area contributed by atoms with Crippen LogP contribution in [0.2, 0.25) is 0 Å². The number of fused-ring (bicyclic) bond motifs is 1.